The van der Waals surface area contributed by atoms with Gasteiger partial charge in [0.15, 0.2) is 0 Å². The fourth-order valence-corrected chi connectivity index (χ4v) is 2.33. The Morgan fingerprint density at radius 2 is 1.79 bits per heavy atom. The van der Waals surface area contributed by atoms with E-state index >= 15 is 0 Å². The fraction of sp³-hybridized carbons (Fsp3) is 0.647. The first-order valence-electron chi connectivity index (χ1n) is 7.81. The quantitative estimate of drug-likeness (QED) is 0.650. The number of benzene rings is 1. The number of unbranched alkanes of at least 4 members (excludes halogenated alkanes) is 1. The molecule has 1 aromatic rings. The highest BCUT2D eigenvalue weighted by atomic mass is 15.1. The van der Waals surface area contributed by atoms with Crippen molar-refractivity contribution in [3.8, 4) is 0 Å². The van der Waals surface area contributed by atoms with E-state index in [1.807, 2.05) is 0 Å². The van der Waals surface area contributed by atoms with Crippen LogP contribution in [0, 0.1) is 0 Å². The lowest BCUT2D eigenvalue weighted by Crippen LogP contribution is -2.25. The zero-order valence-electron chi connectivity index (χ0n) is 12.9. The summed E-state index contributed by atoms with van der Waals surface area (Å²) in [5.74, 6) is 0. The van der Waals surface area contributed by atoms with Crippen molar-refractivity contribution in [2.75, 3.05) is 26.2 Å². The summed E-state index contributed by atoms with van der Waals surface area (Å²) in [5, 5.41) is 3.41. The van der Waals surface area contributed by atoms with Crippen LogP contribution < -0.4 is 5.32 Å². The van der Waals surface area contributed by atoms with Gasteiger partial charge in [-0.05, 0) is 50.1 Å². The molecule has 0 heterocycles. The van der Waals surface area contributed by atoms with Crippen LogP contribution in [-0.2, 0) is 13.0 Å². The zero-order chi connectivity index (χ0) is 13.9. The molecule has 0 aromatic heterocycles. The molecule has 0 fully saturated rings. The topological polar surface area (TPSA) is 15.3 Å². The van der Waals surface area contributed by atoms with Gasteiger partial charge in [-0.2, -0.15) is 0 Å². The van der Waals surface area contributed by atoms with Gasteiger partial charge in [0.2, 0.25) is 0 Å². The molecule has 0 atom stereocenters. The summed E-state index contributed by atoms with van der Waals surface area (Å²) in [6.07, 6.45) is 3.71. The predicted octanol–water partition coefficient (Wildman–Crippen LogP) is 3.46. The van der Waals surface area contributed by atoms with E-state index in [0.29, 0.717) is 0 Å². The molecule has 2 heteroatoms. The molecule has 19 heavy (non-hydrogen) atoms. The number of nitrogens with zero attached hydrogens (tertiary/aromatic N) is 1. The fourth-order valence-electron chi connectivity index (χ4n) is 2.33. The van der Waals surface area contributed by atoms with Gasteiger partial charge in [0.25, 0.3) is 0 Å². The Kier molecular flexibility index (Phi) is 8.52. The van der Waals surface area contributed by atoms with Crippen molar-refractivity contribution >= 4 is 0 Å². The van der Waals surface area contributed by atoms with Gasteiger partial charge in [-0.25, -0.2) is 0 Å². The first-order valence-corrected chi connectivity index (χ1v) is 7.81. The Labute approximate surface area is 119 Å². The van der Waals surface area contributed by atoms with Crippen molar-refractivity contribution in [3.63, 3.8) is 0 Å². The van der Waals surface area contributed by atoms with Crippen LogP contribution in [0.2, 0.25) is 0 Å². The smallest absolute Gasteiger partial charge is 0.0236 e. The van der Waals surface area contributed by atoms with Crippen molar-refractivity contribution in [2.45, 2.75) is 46.6 Å². The molecule has 0 saturated heterocycles. The molecule has 0 aliphatic rings. The second-order valence-corrected chi connectivity index (χ2v) is 5.09. The highest BCUT2D eigenvalue weighted by Crippen LogP contribution is 2.13. The summed E-state index contributed by atoms with van der Waals surface area (Å²) in [6, 6.07) is 8.89. The number of likely N-dealkylation sites (N-methyl/N-ethyl adjacent to an activating group) is 1. The summed E-state index contributed by atoms with van der Waals surface area (Å²) in [4.78, 5) is 2.55. The molecule has 1 aromatic carbocycles. The first-order chi connectivity index (χ1) is 9.31. The SMILES string of the molecule is CCCCN(CC)Cc1ccccc1CCNCC. The summed E-state index contributed by atoms with van der Waals surface area (Å²) in [6.45, 7) is 12.3. The highest BCUT2D eigenvalue weighted by molar-refractivity contribution is 5.27. The van der Waals surface area contributed by atoms with E-state index in [1.165, 1.54) is 30.5 Å². The van der Waals surface area contributed by atoms with Crippen molar-refractivity contribution in [2.24, 2.45) is 0 Å². The molecule has 0 aliphatic heterocycles. The third kappa shape index (κ3) is 6.22. The molecule has 0 unspecified atom stereocenters. The Morgan fingerprint density at radius 3 is 2.42 bits per heavy atom. The summed E-state index contributed by atoms with van der Waals surface area (Å²) >= 11 is 0. The molecule has 0 aliphatic carbocycles. The standard InChI is InChI=1S/C17H30N2/c1-4-7-14-19(6-3)15-17-11-9-8-10-16(17)12-13-18-5-2/h8-11,18H,4-7,12-15H2,1-3H3. The molecule has 0 saturated carbocycles. The Bertz CT molecular complexity index is 336. The molecule has 0 spiro atoms. The van der Waals surface area contributed by atoms with E-state index in [9.17, 15) is 0 Å². The van der Waals surface area contributed by atoms with Gasteiger partial charge in [0.05, 0.1) is 0 Å². The molecule has 0 amide bonds. The van der Waals surface area contributed by atoms with Gasteiger partial charge in [0.1, 0.15) is 0 Å². The van der Waals surface area contributed by atoms with Crippen LogP contribution in [0.4, 0.5) is 0 Å². The van der Waals surface area contributed by atoms with Gasteiger partial charge in [-0.15, -0.1) is 0 Å². The first kappa shape index (κ1) is 16.2. The lowest BCUT2D eigenvalue weighted by molar-refractivity contribution is 0.274. The summed E-state index contributed by atoms with van der Waals surface area (Å²) in [5.41, 5.74) is 3.00. The van der Waals surface area contributed by atoms with Gasteiger partial charge < -0.3 is 5.32 Å². The predicted molar refractivity (Wildman–Crippen MR) is 84.5 cm³/mol. The van der Waals surface area contributed by atoms with Crippen LogP contribution >= 0.6 is 0 Å². The number of hydrogen-bond acceptors (Lipinski definition) is 2. The molecule has 2 nitrogen and oxygen atoms in total. The molecule has 0 bridgehead atoms. The third-order valence-corrected chi connectivity index (χ3v) is 3.61. The van der Waals surface area contributed by atoms with E-state index in [2.05, 4.69) is 55.3 Å². The van der Waals surface area contributed by atoms with Crippen LogP contribution in [0.1, 0.15) is 44.7 Å². The molecule has 1 N–H and O–H groups in total. The molecule has 1 rings (SSSR count). The van der Waals surface area contributed by atoms with E-state index in [4.69, 9.17) is 0 Å². The average Bonchev–Trinajstić information content (AvgIpc) is 2.45. The van der Waals surface area contributed by atoms with Crippen LogP contribution in [0.5, 0.6) is 0 Å². The molecular weight excluding hydrogens is 232 g/mol. The minimum atomic E-state index is 1.06. The van der Waals surface area contributed by atoms with E-state index < -0.39 is 0 Å². The highest BCUT2D eigenvalue weighted by Gasteiger charge is 2.06. The Balaban J connectivity index is 2.59. The number of rotatable bonds is 10. The van der Waals surface area contributed by atoms with Crippen molar-refractivity contribution < 1.29 is 0 Å². The van der Waals surface area contributed by atoms with Gasteiger partial charge in [-0.1, -0.05) is 51.5 Å². The van der Waals surface area contributed by atoms with Crippen LogP contribution in [0.3, 0.4) is 0 Å². The minimum absolute atomic E-state index is 1.06. The van der Waals surface area contributed by atoms with Gasteiger partial charge in [0, 0.05) is 6.54 Å². The average molecular weight is 262 g/mol. The largest absolute Gasteiger partial charge is 0.317 e. The maximum atomic E-state index is 3.41. The number of hydrogen-bond donors (Lipinski definition) is 1. The molecular formula is C17H30N2. The minimum Gasteiger partial charge on any atom is -0.317 e. The third-order valence-electron chi connectivity index (χ3n) is 3.61. The van der Waals surface area contributed by atoms with Crippen LogP contribution in [0.15, 0.2) is 24.3 Å². The second-order valence-electron chi connectivity index (χ2n) is 5.09. The van der Waals surface area contributed by atoms with E-state index in [0.717, 1.165) is 32.6 Å². The summed E-state index contributed by atoms with van der Waals surface area (Å²) in [7, 11) is 0. The van der Waals surface area contributed by atoms with Gasteiger partial charge >= 0.3 is 0 Å². The normalized spacial score (nSPS) is 11.2. The van der Waals surface area contributed by atoms with E-state index in [-0.39, 0.29) is 0 Å². The zero-order valence-corrected chi connectivity index (χ0v) is 12.9. The Morgan fingerprint density at radius 1 is 1.05 bits per heavy atom. The van der Waals surface area contributed by atoms with Gasteiger partial charge in [-0.3, -0.25) is 4.90 Å². The maximum Gasteiger partial charge on any atom is 0.0236 e. The molecule has 0 radical (unpaired) electrons. The van der Waals surface area contributed by atoms with Crippen molar-refractivity contribution in [1.82, 2.24) is 10.2 Å². The maximum absolute atomic E-state index is 3.41. The van der Waals surface area contributed by atoms with Crippen molar-refractivity contribution in [3.05, 3.63) is 35.4 Å². The number of nitrogens with one attached hydrogen (secondary N) is 1. The monoisotopic (exact) mass is 262 g/mol. The molecule has 108 valence electrons. The lowest BCUT2D eigenvalue weighted by atomic mass is 10.0. The second kappa shape index (κ2) is 9.99. The summed E-state index contributed by atoms with van der Waals surface area (Å²) < 4.78 is 0. The van der Waals surface area contributed by atoms with Crippen LogP contribution in [0.25, 0.3) is 0 Å². The van der Waals surface area contributed by atoms with Crippen molar-refractivity contribution in [1.29, 1.82) is 0 Å². The van der Waals surface area contributed by atoms with E-state index in [1.54, 1.807) is 0 Å². The van der Waals surface area contributed by atoms with Crippen LogP contribution in [-0.4, -0.2) is 31.1 Å². The Hall–Kier alpha value is -0.860. The lowest BCUT2D eigenvalue weighted by Gasteiger charge is -2.22.